The van der Waals surface area contributed by atoms with Gasteiger partial charge in [-0.1, -0.05) is 55.1 Å². The van der Waals surface area contributed by atoms with Gasteiger partial charge in [-0.3, -0.25) is 4.99 Å². The van der Waals surface area contributed by atoms with Crippen molar-refractivity contribution < 1.29 is 0 Å². The number of hydrazine groups is 1. The Morgan fingerprint density at radius 3 is 2.60 bits per heavy atom. The molecule has 0 amide bonds. The first kappa shape index (κ1) is 18.5. The molecule has 20 heavy (non-hydrogen) atoms. The molecule has 1 aliphatic heterocycles. The predicted octanol–water partition coefficient (Wildman–Crippen LogP) is 3.81. The zero-order valence-electron chi connectivity index (χ0n) is 12.6. The van der Waals surface area contributed by atoms with Crippen molar-refractivity contribution >= 4 is 27.5 Å². The van der Waals surface area contributed by atoms with E-state index >= 15 is 0 Å². The van der Waals surface area contributed by atoms with Gasteiger partial charge in [-0.05, 0) is 19.1 Å². The molecule has 110 valence electrons. The Balaban J connectivity index is 0.00000172. The van der Waals surface area contributed by atoms with Crippen molar-refractivity contribution in [3.63, 3.8) is 0 Å². The maximum absolute atomic E-state index is 4.51. The summed E-state index contributed by atoms with van der Waals surface area (Å²) in [4.78, 5) is 8.85. The summed E-state index contributed by atoms with van der Waals surface area (Å²) < 4.78 is 0.950. The van der Waals surface area contributed by atoms with Crippen LogP contribution in [-0.2, 0) is 0 Å². The van der Waals surface area contributed by atoms with Crippen molar-refractivity contribution in [2.75, 3.05) is 7.05 Å². The van der Waals surface area contributed by atoms with Crippen LogP contribution in [0.4, 0.5) is 0 Å². The Hall–Kier alpha value is -1.46. The second kappa shape index (κ2) is 10.3. The number of nitrogens with zero attached hydrogens (tertiary/aromatic N) is 3. The molecule has 5 heteroatoms. The number of halogens is 1. The first-order chi connectivity index (χ1) is 9.58. The number of rotatable bonds is 5. The van der Waals surface area contributed by atoms with Crippen molar-refractivity contribution in [3.8, 4) is 0 Å². The van der Waals surface area contributed by atoms with Crippen molar-refractivity contribution in [3.05, 3.63) is 48.1 Å². The zero-order chi connectivity index (χ0) is 15.5. The zero-order valence-corrected chi connectivity index (χ0v) is 14.2. The van der Waals surface area contributed by atoms with Crippen LogP contribution in [0.5, 0.6) is 0 Å². The monoisotopic (exact) mass is 338 g/mol. The number of amidine groups is 1. The molecule has 1 unspecified atom stereocenters. The number of hydrogen-bond donors (Lipinski definition) is 1. The molecule has 0 saturated heterocycles. The number of nitrogens with one attached hydrogen (secondary N) is 1. The topological polar surface area (TPSA) is 40.0 Å². The van der Waals surface area contributed by atoms with Gasteiger partial charge in [0.15, 0.2) is 6.17 Å². The molecule has 0 bridgehead atoms. The van der Waals surface area contributed by atoms with E-state index in [9.17, 15) is 0 Å². The molecule has 0 fully saturated rings. The van der Waals surface area contributed by atoms with E-state index < -0.39 is 0 Å². The Kier molecular flexibility index (Phi) is 9.59. The molecule has 0 aromatic rings. The first-order valence-corrected chi connectivity index (χ1v) is 7.26. The van der Waals surface area contributed by atoms with E-state index in [2.05, 4.69) is 44.5 Å². The average Bonchev–Trinajstić information content (AvgIpc) is 2.80. The van der Waals surface area contributed by atoms with Gasteiger partial charge >= 0.3 is 0 Å². The summed E-state index contributed by atoms with van der Waals surface area (Å²) >= 11 is 3.33. The second-order valence-corrected chi connectivity index (χ2v) is 4.93. The SMILES string of the molecule is C=C/C=C\C1=NC(C(C=C)=N/C=C(\C)Br)N(C)N1.CC. The van der Waals surface area contributed by atoms with E-state index in [-0.39, 0.29) is 6.17 Å². The number of allylic oxidation sites excluding steroid dienone is 3. The minimum absolute atomic E-state index is 0.171. The molecule has 0 radical (unpaired) electrons. The van der Waals surface area contributed by atoms with Crippen LogP contribution in [-0.4, -0.2) is 29.8 Å². The molecular weight excluding hydrogens is 316 g/mol. The van der Waals surface area contributed by atoms with Gasteiger partial charge in [0, 0.05) is 17.7 Å². The fraction of sp³-hybridized carbons (Fsp3) is 0.333. The van der Waals surface area contributed by atoms with Crippen LogP contribution in [0.2, 0.25) is 0 Å². The third kappa shape index (κ3) is 6.12. The molecule has 0 spiro atoms. The summed E-state index contributed by atoms with van der Waals surface area (Å²) in [6.07, 6.45) is 8.66. The van der Waals surface area contributed by atoms with Crippen LogP contribution in [0.15, 0.2) is 58.1 Å². The molecule has 0 aromatic carbocycles. The van der Waals surface area contributed by atoms with Gasteiger partial charge < -0.3 is 5.43 Å². The van der Waals surface area contributed by atoms with Gasteiger partial charge in [-0.15, -0.1) is 0 Å². The maximum atomic E-state index is 4.51. The Morgan fingerprint density at radius 1 is 1.45 bits per heavy atom. The summed E-state index contributed by atoms with van der Waals surface area (Å²) in [7, 11) is 1.91. The van der Waals surface area contributed by atoms with E-state index in [0.29, 0.717) is 0 Å². The van der Waals surface area contributed by atoms with E-state index in [1.54, 1.807) is 18.4 Å². The smallest absolute Gasteiger partial charge is 0.163 e. The van der Waals surface area contributed by atoms with Gasteiger partial charge in [0.25, 0.3) is 0 Å². The van der Waals surface area contributed by atoms with Crippen molar-refractivity contribution in [1.29, 1.82) is 0 Å². The lowest BCUT2D eigenvalue weighted by Gasteiger charge is -2.17. The normalized spacial score (nSPS) is 20.1. The summed E-state index contributed by atoms with van der Waals surface area (Å²) in [5.41, 5.74) is 3.91. The van der Waals surface area contributed by atoms with Crippen molar-refractivity contribution in [1.82, 2.24) is 10.4 Å². The summed E-state index contributed by atoms with van der Waals surface area (Å²) in [5.74, 6) is 0.775. The fourth-order valence-corrected chi connectivity index (χ4v) is 1.48. The summed E-state index contributed by atoms with van der Waals surface area (Å²) in [5, 5.41) is 1.88. The van der Waals surface area contributed by atoms with Crippen molar-refractivity contribution in [2.45, 2.75) is 26.9 Å². The fourth-order valence-electron chi connectivity index (χ4n) is 1.38. The second-order valence-electron chi connectivity index (χ2n) is 3.68. The van der Waals surface area contributed by atoms with Gasteiger partial charge in [0.2, 0.25) is 0 Å². The molecule has 1 rings (SSSR count). The van der Waals surface area contributed by atoms with Crippen LogP contribution in [0.3, 0.4) is 0 Å². The van der Waals surface area contributed by atoms with Crippen LogP contribution in [0.1, 0.15) is 20.8 Å². The van der Waals surface area contributed by atoms with Crippen LogP contribution < -0.4 is 5.43 Å². The molecule has 1 heterocycles. The van der Waals surface area contributed by atoms with Crippen LogP contribution in [0, 0.1) is 0 Å². The van der Waals surface area contributed by atoms with Crippen LogP contribution in [0.25, 0.3) is 0 Å². The van der Waals surface area contributed by atoms with Crippen molar-refractivity contribution in [2.24, 2.45) is 9.98 Å². The molecule has 1 atom stereocenters. The highest BCUT2D eigenvalue weighted by Crippen LogP contribution is 2.09. The molecule has 0 aromatic heterocycles. The number of aliphatic imine (C=N–C) groups is 2. The van der Waals surface area contributed by atoms with E-state index in [1.165, 1.54) is 0 Å². The van der Waals surface area contributed by atoms with Crippen LogP contribution >= 0.6 is 15.9 Å². The summed E-state index contributed by atoms with van der Waals surface area (Å²) in [6.45, 7) is 13.3. The number of hydrogen-bond acceptors (Lipinski definition) is 4. The van der Waals surface area contributed by atoms with Gasteiger partial charge in [-0.25, -0.2) is 4.99 Å². The standard InChI is InChI=1S/C13H17BrN4.C2H6/c1-5-7-8-12-16-13(18(4)17-12)11(6-2)15-9-10(3)14;1-2/h5-9,13H,1-2H2,3-4H3,(H,16,17);1-2H3/b8-7-,10-9+,15-11?;. The molecule has 1 aliphatic rings. The van der Waals surface area contributed by atoms with E-state index in [0.717, 1.165) is 16.0 Å². The predicted molar refractivity (Wildman–Crippen MR) is 93.1 cm³/mol. The average molecular weight is 339 g/mol. The lowest BCUT2D eigenvalue weighted by Crippen LogP contribution is -2.40. The quantitative estimate of drug-likeness (QED) is 0.611. The highest BCUT2D eigenvalue weighted by molar-refractivity contribution is 9.11. The Bertz CT molecular complexity index is 443. The van der Waals surface area contributed by atoms with Gasteiger partial charge in [-0.2, -0.15) is 5.01 Å². The molecule has 4 nitrogen and oxygen atoms in total. The molecule has 0 saturated carbocycles. The minimum atomic E-state index is -0.171. The maximum Gasteiger partial charge on any atom is 0.163 e. The van der Waals surface area contributed by atoms with E-state index in [4.69, 9.17) is 0 Å². The Labute approximate surface area is 130 Å². The minimum Gasteiger partial charge on any atom is -0.301 e. The lowest BCUT2D eigenvalue weighted by molar-refractivity contribution is 0.292. The van der Waals surface area contributed by atoms with Gasteiger partial charge in [0.05, 0.1) is 5.71 Å². The third-order valence-corrected chi connectivity index (χ3v) is 2.38. The van der Waals surface area contributed by atoms with E-state index in [1.807, 2.05) is 45.0 Å². The molecule has 1 N–H and O–H groups in total. The third-order valence-electron chi connectivity index (χ3n) is 2.17. The largest absolute Gasteiger partial charge is 0.301 e. The first-order valence-electron chi connectivity index (χ1n) is 6.47. The Morgan fingerprint density at radius 2 is 2.10 bits per heavy atom. The lowest BCUT2D eigenvalue weighted by atomic mass is 10.3. The molecular formula is C15H23BrN4. The highest BCUT2D eigenvalue weighted by atomic mass is 79.9. The summed E-state index contributed by atoms with van der Waals surface area (Å²) in [6, 6.07) is 0. The van der Waals surface area contributed by atoms with Gasteiger partial charge in [0.1, 0.15) is 5.84 Å². The highest BCUT2D eigenvalue weighted by Gasteiger charge is 2.24. The molecule has 0 aliphatic carbocycles.